The normalized spacial score (nSPS) is 10.9. The molecular weight excluding hydrogens is 365 g/mol. The Morgan fingerprint density at radius 2 is 1.93 bits per heavy atom. The second kappa shape index (κ2) is 6.85. The molecule has 0 unspecified atom stereocenters. The molecule has 2 aromatic carbocycles. The fourth-order valence-electron chi connectivity index (χ4n) is 2.92. The minimum atomic E-state index is -0.466. The summed E-state index contributed by atoms with van der Waals surface area (Å²) in [5.74, 6) is -0.377. The number of hydrogen-bond acceptors (Lipinski definition) is 2. The van der Waals surface area contributed by atoms with Crippen molar-refractivity contribution in [1.29, 1.82) is 0 Å². The van der Waals surface area contributed by atoms with Gasteiger partial charge >= 0.3 is 0 Å². The topological polar surface area (TPSA) is 46.4 Å². The van der Waals surface area contributed by atoms with E-state index in [0.29, 0.717) is 22.2 Å². The van der Waals surface area contributed by atoms with E-state index in [2.05, 4.69) is 10.3 Å². The Morgan fingerprint density at radius 1 is 1.11 bits per heavy atom. The van der Waals surface area contributed by atoms with Crippen LogP contribution in [0, 0.1) is 12.7 Å². The molecule has 2 aromatic heterocycles. The summed E-state index contributed by atoms with van der Waals surface area (Å²) in [5.41, 5.74) is 3.30. The maximum atomic E-state index is 13.5. The van der Waals surface area contributed by atoms with Crippen LogP contribution in [-0.4, -0.2) is 15.3 Å². The van der Waals surface area contributed by atoms with Crippen LogP contribution in [0.3, 0.4) is 0 Å². The summed E-state index contributed by atoms with van der Waals surface area (Å²) in [4.78, 5) is 17.3. The predicted octanol–water partition coefficient (Wildman–Crippen LogP) is 5.35. The Morgan fingerprint density at radius 3 is 2.70 bits per heavy atom. The van der Waals surface area contributed by atoms with Gasteiger partial charge in [-0.05, 0) is 48.9 Å². The molecule has 6 heteroatoms. The molecule has 27 heavy (non-hydrogen) atoms. The molecule has 0 saturated carbocycles. The fourth-order valence-corrected chi connectivity index (χ4v) is 3.11. The first kappa shape index (κ1) is 17.2. The van der Waals surface area contributed by atoms with Crippen LogP contribution < -0.4 is 5.32 Å². The Hall–Kier alpha value is -3.18. The lowest BCUT2D eigenvalue weighted by Gasteiger charge is -2.09. The summed E-state index contributed by atoms with van der Waals surface area (Å²) < 4.78 is 15.3. The van der Waals surface area contributed by atoms with Crippen LogP contribution in [0.1, 0.15) is 15.9 Å². The number of pyridine rings is 1. The highest BCUT2D eigenvalue weighted by molar-refractivity contribution is 6.30. The van der Waals surface area contributed by atoms with Crippen molar-refractivity contribution in [3.63, 3.8) is 0 Å². The van der Waals surface area contributed by atoms with Crippen molar-refractivity contribution in [3.8, 4) is 11.3 Å². The summed E-state index contributed by atoms with van der Waals surface area (Å²) in [5, 5.41) is 3.45. The lowest BCUT2D eigenvalue weighted by atomic mass is 10.1. The number of fused-ring (bicyclic) bond motifs is 1. The predicted molar refractivity (Wildman–Crippen MR) is 105 cm³/mol. The molecule has 0 aliphatic rings. The molecule has 2 heterocycles. The number of amides is 1. The van der Waals surface area contributed by atoms with Crippen LogP contribution in [0.15, 0.2) is 66.9 Å². The quantitative estimate of drug-likeness (QED) is 0.521. The number of nitrogens with zero attached hydrogens (tertiary/aromatic N) is 2. The molecule has 0 bridgehead atoms. The van der Waals surface area contributed by atoms with Gasteiger partial charge in [0.25, 0.3) is 5.91 Å². The van der Waals surface area contributed by atoms with Gasteiger partial charge in [-0.3, -0.25) is 9.20 Å². The highest BCUT2D eigenvalue weighted by Crippen LogP contribution is 2.31. The Bertz CT molecular complexity index is 1170. The minimum absolute atomic E-state index is 0.231. The lowest BCUT2D eigenvalue weighted by Crippen LogP contribution is -2.14. The van der Waals surface area contributed by atoms with Crippen molar-refractivity contribution in [1.82, 2.24) is 9.38 Å². The Balaban J connectivity index is 1.85. The molecule has 0 aliphatic heterocycles. The van der Waals surface area contributed by atoms with E-state index in [1.54, 1.807) is 18.2 Å². The van der Waals surface area contributed by atoms with Crippen LogP contribution in [0.4, 0.5) is 10.2 Å². The van der Waals surface area contributed by atoms with Crippen molar-refractivity contribution in [2.24, 2.45) is 0 Å². The summed E-state index contributed by atoms with van der Waals surface area (Å²) in [6.07, 6.45) is 1.89. The number of benzene rings is 2. The number of carbonyl (C=O) groups excluding carboxylic acids is 1. The zero-order valence-corrected chi connectivity index (χ0v) is 15.2. The number of nitrogens with one attached hydrogen (secondary N) is 1. The highest BCUT2D eigenvalue weighted by Gasteiger charge is 2.18. The van der Waals surface area contributed by atoms with E-state index in [4.69, 9.17) is 11.6 Å². The third kappa shape index (κ3) is 3.41. The van der Waals surface area contributed by atoms with Gasteiger partial charge in [-0.25, -0.2) is 9.37 Å². The van der Waals surface area contributed by atoms with Crippen LogP contribution >= 0.6 is 11.6 Å². The molecule has 0 saturated heterocycles. The first-order valence-corrected chi connectivity index (χ1v) is 8.70. The summed E-state index contributed by atoms with van der Waals surface area (Å²) in [7, 11) is 0. The van der Waals surface area contributed by atoms with Crippen LogP contribution in [0.25, 0.3) is 16.9 Å². The van der Waals surface area contributed by atoms with Crippen molar-refractivity contribution >= 4 is 29.0 Å². The smallest absolute Gasteiger partial charge is 0.256 e. The number of hydrogen-bond donors (Lipinski definition) is 1. The van der Waals surface area contributed by atoms with E-state index in [1.165, 1.54) is 18.2 Å². The van der Waals surface area contributed by atoms with Crippen molar-refractivity contribution in [2.45, 2.75) is 6.92 Å². The van der Waals surface area contributed by atoms with E-state index in [1.807, 2.05) is 41.8 Å². The average Bonchev–Trinajstić information content (AvgIpc) is 2.99. The Kier molecular flexibility index (Phi) is 4.38. The van der Waals surface area contributed by atoms with Gasteiger partial charge in [0.2, 0.25) is 0 Å². The first-order valence-electron chi connectivity index (χ1n) is 8.33. The third-order valence-electron chi connectivity index (χ3n) is 4.18. The number of halogens is 2. The van der Waals surface area contributed by atoms with Gasteiger partial charge in [0.15, 0.2) is 0 Å². The van der Waals surface area contributed by atoms with E-state index in [9.17, 15) is 9.18 Å². The van der Waals surface area contributed by atoms with E-state index in [-0.39, 0.29) is 5.56 Å². The monoisotopic (exact) mass is 379 g/mol. The number of carbonyl (C=O) groups is 1. The molecule has 4 rings (SSSR count). The minimum Gasteiger partial charge on any atom is -0.306 e. The number of anilines is 1. The van der Waals surface area contributed by atoms with Gasteiger partial charge in [0, 0.05) is 22.3 Å². The van der Waals surface area contributed by atoms with Gasteiger partial charge in [0.05, 0.1) is 0 Å². The number of rotatable bonds is 3. The molecule has 0 fully saturated rings. The lowest BCUT2D eigenvalue weighted by molar-refractivity contribution is 0.102. The summed E-state index contributed by atoms with van der Waals surface area (Å²) >= 11 is 6.13. The van der Waals surface area contributed by atoms with Crippen LogP contribution in [0.5, 0.6) is 0 Å². The molecule has 134 valence electrons. The fraction of sp³-hybridized carbons (Fsp3) is 0.0476. The maximum absolute atomic E-state index is 13.5. The van der Waals surface area contributed by atoms with Gasteiger partial charge in [0.1, 0.15) is 23.0 Å². The van der Waals surface area contributed by atoms with Gasteiger partial charge in [-0.15, -0.1) is 0 Å². The molecule has 1 amide bonds. The number of aryl methyl sites for hydroxylation is 1. The SMILES string of the molecule is Cc1ccc2nc(-c3cccc(Cl)c3)c(NC(=O)c3cccc(F)c3)n2c1. The second-order valence-corrected chi connectivity index (χ2v) is 6.65. The standard InChI is InChI=1S/C21H15ClFN3O/c1-13-8-9-18-24-19(14-4-2-6-16(22)10-14)20(26(18)12-13)25-21(27)15-5-3-7-17(23)11-15/h2-12H,1H3,(H,25,27). The van der Waals surface area contributed by atoms with Gasteiger partial charge < -0.3 is 5.32 Å². The Labute approximate surface area is 160 Å². The average molecular weight is 380 g/mol. The van der Waals surface area contributed by atoms with Crippen molar-refractivity contribution in [3.05, 3.63) is 88.8 Å². The molecule has 4 nitrogen and oxygen atoms in total. The molecule has 1 N–H and O–H groups in total. The highest BCUT2D eigenvalue weighted by atomic mass is 35.5. The first-order chi connectivity index (χ1) is 13.0. The maximum Gasteiger partial charge on any atom is 0.256 e. The summed E-state index contributed by atoms with van der Waals surface area (Å²) in [6.45, 7) is 1.96. The van der Waals surface area contributed by atoms with E-state index in [0.717, 1.165) is 11.1 Å². The van der Waals surface area contributed by atoms with E-state index >= 15 is 0 Å². The molecular formula is C21H15ClFN3O. The van der Waals surface area contributed by atoms with Crippen LogP contribution in [0.2, 0.25) is 5.02 Å². The molecule has 4 aromatic rings. The molecule has 0 radical (unpaired) electrons. The third-order valence-corrected chi connectivity index (χ3v) is 4.42. The van der Waals surface area contributed by atoms with E-state index < -0.39 is 11.7 Å². The molecule has 0 aliphatic carbocycles. The summed E-state index contributed by atoms with van der Waals surface area (Å²) in [6, 6.07) is 16.6. The van der Waals surface area contributed by atoms with Crippen molar-refractivity contribution < 1.29 is 9.18 Å². The molecule has 0 spiro atoms. The second-order valence-electron chi connectivity index (χ2n) is 6.22. The largest absolute Gasteiger partial charge is 0.306 e. The zero-order chi connectivity index (χ0) is 19.0. The van der Waals surface area contributed by atoms with Gasteiger partial charge in [-0.1, -0.05) is 35.9 Å². The van der Waals surface area contributed by atoms with Crippen LogP contribution in [-0.2, 0) is 0 Å². The van der Waals surface area contributed by atoms with Crippen molar-refractivity contribution in [2.75, 3.05) is 5.32 Å². The number of aromatic nitrogens is 2. The molecule has 0 atom stereocenters. The van der Waals surface area contributed by atoms with Gasteiger partial charge in [-0.2, -0.15) is 0 Å². The number of imidazole rings is 1. The zero-order valence-electron chi connectivity index (χ0n) is 14.4.